The quantitative estimate of drug-likeness (QED) is 0.621. The molecule has 1 saturated heterocycles. The number of fused-ring (bicyclic) bond motifs is 3. The number of hydrogen-bond acceptors (Lipinski definition) is 5. The molecule has 2 amide bonds. The Morgan fingerprint density at radius 1 is 1.25 bits per heavy atom. The summed E-state index contributed by atoms with van der Waals surface area (Å²) in [6.07, 6.45) is 5.77. The first kappa shape index (κ1) is 22.9. The van der Waals surface area contributed by atoms with Crippen LogP contribution in [0.25, 0.3) is 0 Å². The highest BCUT2D eigenvalue weighted by Gasteiger charge is 2.50. The Morgan fingerprint density at radius 2 is 2.00 bits per heavy atom. The van der Waals surface area contributed by atoms with Crippen LogP contribution in [-0.4, -0.2) is 46.3 Å². The van der Waals surface area contributed by atoms with Crippen molar-refractivity contribution in [2.24, 2.45) is 16.9 Å². The Hall–Kier alpha value is -2.28. The molecule has 3 unspecified atom stereocenters. The van der Waals surface area contributed by atoms with Crippen LogP contribution in [0, 0.1) is 11.8 Å². The van der Waals surface area contributed by atoms with E-state index in [0.717, 1.165) is 43.5 Å². The Balaban J connectivity index is 1.45. The van der Waals surface area contributed by atoms with Crippen LogP contribution in [0.1, 0.15) is 64.4 Å². The molecule has 2 fully saturated rings. The molecule has 7 nitrogen and oxygen atoms in total. The van der Waals surface area contributed by atoms with Crippen LogP contribution in [-0.2, 0) is 16.1 Å². The third kappa shape index (κ3) is 5.03. The van der Waals surface area contributed by atoms with Crippen LogP contribution in [0.3, 0.4) is 0 Å². The number of nitrogens with one attached hydrogen (secondary N) is 2. The smallest absolute Gasteiger partial charge is 0.231 e. The molecular formula is C24H34ClN5O2. The number of rotatable bonds is 8. The van der Waals surface area contributed by atoms with Gasteiger partial charge in [0.25, 0.3) is 0 Å². The maximum absolute atomic E-state index is 13.4. The van der Waals surface area contributed by atoms with Gasteiger partial charge in [-0.2, -0.15) is 5.10 Å². The van der Waals surface area contributed by atoms with Crippen LogP contribution in [0.5, 0.6) is 0 Å². The number of hydrogen-bond donors (Lipinski definition) is 2. The first-order valence-electron chi connectivity index (χ1n) is 11.9. The number of amidine groups is 1. The molecule has 0 bridgehead atoms. The van der Waals surface area contributed by atoms with Gasteiger partial charge in [0.2, 0.25) is 11.8 Å². The van der Waals surface area contributed by atoms with Crippen molar-refractivity contribution in [2.75, 3.05) is 6.54 Å². The normalized spacial score (nSPS) is 24.7. The maximum atomic E-state index is 13.4. The van der Waals surface area contributed by atoms with Crippen molar-refractivity contribution in [3.63, 3.8) is 0 Å². The molecule has 174 valence electrons. The zero-order valence-corrected chi connectivity index (χ0v) is 19.8. The second kappa shape index (κ2) is 10.1. The van der Waals surface area contributed by atoms with Crippen LogP contribution >= 0.6 is 11.6 Å². The summed E-state index contributed by atoms with van der Waals surface area (Å²) in [6.45, 7) is 5.52. The van der Waals surface area contributed by atoms with Gasteiger partial charge in [0.15, 0.2) is 6.29 Å². The van der Waals surface area contributed by atoms with Crippen molar-refractivity contribution >= 4 is 29.3 Å². The van der Waals surface area contributed by atoms with Crippen molar-refractivity contribution in [2.45, 2.75) is 77.7 Å². The van der Waals surface area contributed by atoms with Crippen LogP contribution in [0.15, 0.2) is 29.4 Å². The van der Waals surface area contributed by atoms with E-state index >= 15 is 0 Å². The highest BCUT2D eigenvalue weighted by Crippen LogP contribution is 2.38. The first-order valence-corrected chi connectivity index (χ1v) is 12.2. The summed E-state index contributed by atoms with van der Waals surface area (Å²) >= 11 is 6.04. The fraction of sp³-hybridized carbons (Fsp3) is 0.625. The van der Waals surface area contributed by atoms with E-state index in [1.165, 1.54) is 0 Å². The molecule has 0 spiro atoms. The third-order valence-corrected chi connectivity index (χ3v) is 6.99. The molecule has 2 heterocycles. The van der Waals surface area contributed by atoms with Crippen molar-refractivity contribution in [3.05, 3.63) is 34.9 Å². The molecular weight excluding hydrogens is 426 g/mol. The number of halogens is 1. The molecule has 32 heavy (non-hydrogen) atoms. The lowest BCUT2D eigenvalue weighted by Gasteiger charge is -2.50. The molecule has 0 radical (unpaired) electrons. The van der Waals surface area contributed by atoms with E-state index in [-0.39, 0.29) is 30.1 Å². The second-order valence-corrected chi connectivity index (χ2v) is 9.96. The predicted molar refractivity (Wildman–Crippen MR) is 126 cm³/mol. The number of nitrogens with zero attached hydrogens (tertiary/aromatic N) is 3. The highest BCUT2D eigenvalue weighted by molar-refractivity contribution is 6.30. The fourth-order valence-electron chi connectivity index (χ4n) is 5.00. The summed E-state index contributed by atoms with van der Waals surface area (Å²) in [5.74, 6) is 1.70. The van der Waals surface area contributed by atoms with Gasteiger partial charge in [-0.15, -0.1) is 0 Å². The molecule has 4 rings (SSSR count). The summed E-state index contributed by atoms with van der Waals surface area (Å²) in [5.41, 5.74) is 4.24. The highest BCUT2D eigenvalue weighted by atomic mass is 35.5. The van der Waals surface area contributed by atoms with Crippen LogP contribution < -0.4 is 10.7 Å². The lowest BCUT2D eigenvalue weighted by molar-refractivity contribution is -0.156. The summed E-state index contributed by atoms with van der Waals surface area (Å²) < 4.78 is 0. The van der Waals surface area contributed by atoms with Crippen LogP contribution in [0.4, 0.5) is 0 Å². The fourth-order valence-corrected chi connectivity index (χ4v) is 5.13. The molecule has 8 heteroatoms. The van der Waals surface area contributed by atoms with Crippen molar-refractivity contribution in [1.82, 2.24) is 20.5 Å². The minimum absolute atomic E-state index is 0.0164. The molecule has 1 saturated carbocycles. The van der Waals surface area contributed by atoms with Gasteiger partial charge in [-0.25, -0.2) is 0 Å². The Morgan fingerprint density at radius 3 is 2.75 bits per heavy atom. The largest absolute Gasteiger partial charge is 0.356 e. The molecule has 1 aromatic rings. The standard InChI is InChI=1S/C24H34ClN5O2/c1-16(2)13-14-26-22(31)12-11-21-27-28-24-29(15-17-7-9-18(25)10-8-17)23(32)19-5-3-4-6-20(19)30(21)24/h7-10,16,19-20,24,28H,3-6,11-15H2,1-2H3,(H,26,31). The lowest BCUT2D eigenvalue weighted by atomic mass is 9.80. The van der Waals surface area contributed by atoms with E-state index in [1.54, 1.807) is 0 Å². The average Bonchev–Trinajstić information content (AvgIpc) is 3.20. The van der Waals surface area contributed by atoms with Gasteiger partial charge in [0.1, 0.15) is 5.84 Å². The Labute approximate surface area is 195 Å². The first-order chi connectivity index (χ1) is 15.4. The van der Waals surface area contributed by atoms with Crippen LogP contribution in [0.2, 0.25) is 5.02 Å². The van der Waals surface area contributed by atoms with Gasteiger partial charge in [0, 0.05) is 37.0 Å². The Kier molecular flexibility index (Phi) is 7.23. The van der Waals surface area contributed by atoms with E-state index in [9.17, 15) is 9.59 Å². The summed E-state index contributed by atoms with van der Waals surface area (Å²) in [4.78, 5) is 29.9. The van der Waals surface area contributed by atoms with E-state index in [2.05, 4.69) is 34.6 Å². The van der Waals surface area contributed by atoms with E-state index in [1.807, 2.05) is 29.2 Å². The van der Waals surface area contributed by atoms with E-state index in [4.69, 9.17) is 11.6 Å². The van der Waals surface area contributed by atoms with E-state index in [0.29, 0.717) is 36.9 Å². The van der Waals surface area contributed by atoms with Gasteiger partial charge >= 0.3 is 0 Å². The zero-order valence-electron chi connectivity index (χ0n) is 19.0. The topological polar surface area (TPSA) is 77.0 Å². The van der Waals surface area contributed by atoms with Gasteiger partial charge in [-0.05, 0) is 42.9 Å². The molecule has 2 aliphatic heterocycles. The van der Waals surface area contributed by atoms with E-state index < -0.39 is 0 Å². The Bertz CT molecular complexity index is 856. The number of amides is 2. The maximum Gasteiger partial charge on any atom is 0.231 e. The molecule has 2 N–H and O–H groups in total. The number of carbonyl (C=O) groups excluding carboxylic acids is 2. The number of carbonyl (C=O) groups is 2. The monoisotopic (exact) mass is 459 g/mol. The van der Waals surface area contributed by atoms with Gasteiger partial charge in [-0.1, -0.05) is 50.4 Å². The van der Waals surface area contributed by atoms with Gasteiger partial charge < -0.3 is 10.2 Å². The SMILES string of the molecule is CC(C)CCNC(=O)CCC1=NNC2N(Cc3ccc(Cl)cc3)C(=O)C3CCCCC3N12. The van der Waals surface area contributed by atoms with Crippen molar-refractivity contribution in [1.29, 1.82) is 0 Å². The average molecular weight is 460 g/mol. The molecule has 3 aliphatic rings. The molecule has 0 aromatic heterocycles. The summed E-state index contributed by atoms with van der Waals surface area (Å²) in [6, 6.07) is 7.79. The van der Waals surface area contributed by atoms with Gasteiger partial charge in [-0.3, -0.25) is 19.9 Å². The van der Waals surface area contributed by atoms with Crippen molar-refractivity contribution in [3.8, 4) is 0 Å². The molecule has 1 aromatic carbocycles. The second-order valence-electron chi connectivity index (χ2n) is 9.52. The predicted octanol–water partition coefficient (Wildman–Crippen LogP) is 3.69. The van der Waals surface area contributed by atoms with Crippen molar-refractivity contribution < 1.29 is 9.59 Å². The third-order valence-electron chi connectivity index (χ3n) is 6.74. The van der Waals surface area contributed by atoms with Gasteiger partial charge in [0.05, 0.1) is 5.92 Å². The lowest BCUT2D eigenvalue weighted by Crippen LogP contribution is -2.67. The number of hydrazone groups is 1. The molecule has 3 atom stereocenters. The zero-order chi connectivity index (χ0) is 22.7. The minimum Gasteiger partial charge on any atom is -0.356 e. The summed E-state index contributed by atoms with van der Waals surface area (Å²) in [5, 5.41) is 8.29. The molecule has 1 aliphatic carbocycles. The number of benzene rings is 1. The summed E-state index contributed by atoms with van der Waals surface area (Å²) in [7, 11) is 0. The minimum atomic E-state index is -0.295.